The summed E-state index contributed by atoms with van der Waals surface area (Å²) in [6.45, 7) is 10.7. The van der Waals surface area contributed by atoms with Crippen LogP contribution in [0.2, 0.25) is 10.0 Å². The molecule has 10 heteroatoms. The van der Waals surface area contributed by atoms with Gasteiger partial charge in [-0.25, -0.2) is 8.42 Å². The Morgan fingerprint density at radius 2 is 1.50 bits per heavy atom. The average Bonchev–Trinajstić information content (AvgIpc) is 2.94. The zero-order chi connectivity index (χ0) is 31.2. The first-order valence-corrected chi connectivity index (χ1v) is 16.2. The zero-order valence-corrected chi connectivity index (χ0v) is 27.3. The first-order valence-electron chi connectivity index (χ1n) is 14.0. The number of hydrogen-bond acceptors (Lipinski definition) is 4. The minimum atomic E-state index is -4.16. The number of carbonyl (C=O) groups excluding carboxylic acids is 2. The Balaban J connectivity index is 2.12. The smallest absolute Gasteiger partial charge is 0.264 e. The Hall–Kier alpha value is -3.07. The van der Waals surface area contributed by atoms with Crippen LogP contribution in [0.4, 0.5) is 5.69 Å². The number of amides is 2. The van der Waals surface area contributed by atoms with E-state index in [1.54, 1.807) is 49.4 Å². The third-order valence-electron chi connectivity index (χ3n) is 7.44. The largest absolute Gasteiger partial charge is 0.352 e. The van der Waals surface area contributed by atoms with Crippen molar-refractivity contribution < 1.29 is 18.0 Å². The van der Waals surface area contributed by atoms with Crippen LogP contribution in [-0.2, 0) is 26.2 Å². The topological polar surface area (TPSA) is 86.8 Å². The van der Waals surface area contributed by atoms with Gasteiger partial charge in [-0.05, 0) is 88.1 Å². The lowest BCUT2D eigenvalue weighted by Gasteiger charge is -2.34. The van der Waals surface area contributed by atoms with Gasteiger partial charge in [-0.2, -0.15) is 0 Å². The number of aryl methyl sites for hydroxylation is 3. The number of benzene rings is 3. The lowest BCUT2D eigenvalue weighted by atomic mass is 10.1. The van der Waals surface area contributed by atoms with Crippen LogP contribution in [0.3, 0.4) is 0 Å². The Morgan fingerprint density at radius 3 is 2.05 bits per heavy atom. The van der Waals surface area contributed by atoms with Gasteiger partial charge in [0, 0.05) is 28.2 Å². The molecule has 226 valence electrons. The highest BCUT2D eigenvalue weighted by atomic mass is 35.5. The normalized spacial score (nSPS) is 12.9. The summed E-state index contributed by atoms with van der Waals surface area (Å²) in [6.07, 6.45) is 1.01. The van der Waals surface area contributed by atoms with Crippen molar-refractivity contribution in [2.45, 2.75) is 77.9 Å². The van der Waals surface area contributed by atoms with Crippen molar-refractivity contribution in [2.24, 2.45) is 0 Å². The summed E-state index contributed by atoms with van der Waals surface area (Å²) in [7, 11) is -4.16. The van der Waals surface area contributed by atoms with Crippen LogP contribution in [0.5, 0.6) is 0 Å². The van der Waals surface area contributed by atoms with Crippen molar-refractivity contribution in [3.63, 3.8) is 0 Å². The molecule has 0 aromatic heterocycles. The van der Waals surface area contributed by atoms with E-state index in [0.717, 1.165) is 21.0 Å². The number of nitrogens with zero attached hydrogens (tertiary/aromatic N) is 2. The monoisotopic (exact) mass is 631 g/mol. The highest BCUT2D eigenvalue weighted by molar-refractivity contribution is 7.92. The van der Waals surface area contributed by atoms with Crippen LogP contribution in [-0.4, -0.2) is 43.8 Å². The summed E-state index contributed by atoms with van der Waals surface area (Å²) < 4.78 is 29.2. The van der Waals surface area contributed by atoms with E-state index in [2.05, 4.69) is 5.32 Å². The van der Waals surface area contributed by atoms with Gasteiger partial charge in [0.05, 0.1) is 10.6 Å². The van der Waals surface area contributed by atoms with Crippen LogP contribution < -0.4 is 9.62 Å². The minimum Gasteiger partial charge on any atom is -0.352 e. The van der Waals surface area contributed by atoms with Crippen molar-refractivity contribution in [1.29, 1.82) is 0 Å². The minimum absolute atomic E-state index is 0.0568. The first-order chi connectivity index (χ1) is 19.8. The number of hydrogen-bond donors (Lipinski definition) is 1. The zero-order valence-electron chi connectivity index (χ0n) is 24.9. The predicted molar refractivity (Wildman–Crippen MR) is 171 cm³/mol. The maximum Gasteiger partial charge on any atom is 0.264 e. The maximum atomic E-state index is 14.3. The Labute approximate surface area is 259 Å². The van der Waals surface area contributed by atoms with Gasteiger partial charge >= 0.3 is 0 Å². The summed E-state index contributed by atoms with van der Waals surface area (Å²) in [5.41, 5.74) is 3.59. The van der Waals surface area contributed by atoms with E-state index >= 15 is 0 Å². The second kappa shape index (κ2) is 14.4. The molecule has 7 nitrogen and oxygen atoms in total. The van der Waals surface area contributed by atoms with E-state index in [4.69, 9.17) is 23.2 Å². The Morgan fingerprint density at radius 1 is 0.881 bits per heavy atom. The summed E-state index contributed by atoms with van der Waals surface area (Å²) >= 11 is 13.0. The number of anilines is 1. The molecule has 0 saturated heterocycles. The molecular formula is C32H39Cl2N3O4S. The lowest BCUT2D eigenvalue weighted by molar-refractivity contribution is -0.140. The average molecular weight is 633 g/mol. The summed E-state index contributed by atoms with van der Waals surface area (Å²) in [5.74, 6) is -0.895. The Bertz CT molecular complexity index is 1510. The van der Waals surface area contributed by atoms with Crippen LogP contribution in [0, 0.1) is 20.8 Å². The van der Waals surface area contributed by atoms with Crippen molar-refractivity contribution in [3.8, 4) is 0 Å². The van der Waals surface area contributed by atoms with E-state index < -0.39 is 28.5 Å². The number of nitrogens with one attached hydrogen (secondary N) is 1. The fraction of sp³-hybridized carbons (Fsp3) is 0.375. The van der Waals surface area contributed by atoms with Gasteiger partial charge in [0.15, 0.2) is 0 Å². The van der Waals surface area contributed by atoms with Gasteiger partial charge in [0.2, 0.25) is 11.8 Å². The molecular weight excluding hydrogens is 593 g/mol. The lowest BCUT2D eigenvalue weighted by Crippen LogP contribution is -2.53. The highest BCUT2D eigenvalue weighted by Crippen LogP contribution is 2.29. The predicted octanol–water partition coefficient (Wildman–Crippen LogP) is 6.84. The van der Waals surface area contributed by atoms with E-state index in [1.165, 1.54) is 17.0 Å². The van der Waals surface area contributed by atoms with Gasteiger partial charge in [0.25, 0.3) is 10.0 Å². The molecule has 3 aromatic rings. The van der Waals surface area contributed by atoms with Crippen molar-refractivity contribution in [3.05, 3.63) is 93.0 Å². The summed E-state index contributed by atoms with van der Waals surface area (Å²) in [6, 6.07) is 15.8. The van der Waals surface area contributed by atoms with Crippen LogP contribution in [0.25, 0.3) is 0 Å². The standard InChI is InChI=1S/C32H39Cl2N3O4S/c1-7-24(6)35-32(39)30(8-2)36(19-27-28(33)10-9-11-29(27)34)31(38)20-37(25-15-14-22(4)23(5)18-25)42(40,41)26-16-12-21(3)13-17-26/h9-18,24,30H,7-8,19-20H2,1-6H3,(H,35,39). The molecule has 0 aliphatic carbocycles. The molecule has 0 fully saturated rings. The molecule has 2 atom stereocenters. The molecule has 0 bridgehead atoms. The third-order valence-corrected chi connectivity index (χ3v) is 9.94. The maximum absolute atomic E-state index is 14.3. The molecule has 0 saturated carbocycles. The molecule has 0 aliphatic heterocycles. The van der Waals surface area contributed by atoms with Crippen molar-refractivity contribution in [2.75, 3.05) is 10.8 Å². The van der Waals surface area contributed by atoms with Crippen LogP contribution in [0.1, 0.15) is 55.9 Å². The van der Waals surface area contributed by atoms with Gasteiger partial charge in [-0.1, -0.05) is 66.9 Å². The number of halogens is 2. The number of sulfonamides is 1. The molecule has 0 spiro atoms. The number of rotatable bonds is 12. The Kier molecular flexibility index (Phi) is 11.5. The van der Waals surface area contributed by atoms with Crippen LogP contribution in [0.15, 0.2) is 65.6 Å². The highest BCUT2D eigenvalue weighted by Gasteiger charge is 2.34. The van der Waals surface area contributed by atoms with Gasteiger partial charge in [0.1, 0.15) is 12.6 Å². The fourth-order valence-corrected chi connectivity index (χ4v) is 6.38. The summed E-state index contributed by atoms with van der Waals surface area (Å²) in [5, 5.41) is 3.65. The molecule has 0 aliphatic rings. The van der Waals surface area contributed by atoms with E-state index in [9.17, 15) is 18.0 Å². The fourth-order valence-electron chi connectivity index (χ4n) is 4.46. The SMILES string of the molecule is CCC(C)NC(=O)C(CC)N(Cc1c(Cl)cccc1Cl)C(=O)CN(c1ccc(C)c(C)c1)S(=O)(=O)c1ccc(C)cc1. The molecule has 3 aromatic carbocycles. The molecule has 1 N–H and O–H groups in total. The first kappa shape index (κ1) is 33.4. The molecule has 2 unspecified atom stereocenters. The molecule has 3 rings (SSSR count). The molecule has 0 heterocycles. The second-order valence-electron chi connectivity index (χ2n) is 10.6. The second-order valence-corrected chi connectivity index (χ2v) is 13.2. The third kappa shape index (κ3) is 7.85. The molecule has 42 heavy (non-hydrogen) atoms. The van der Waals surface area contributed by atoms with Gasteiger partial charge in [-0.15, -0.1) is 0 Å². The van der Waals surface area contributed by atoms with Crippen molar-refractivity contribution in [1.82, 2.24) is 10.2 Å². The van der Waals surface area contributed by atoms with Gasteiger partial charge < -0.3 is 10.2 Å². The summed E-state index contributed by atoms with van der Waals surface area (Å²) in [4.78, 5) is 29.1. The van der Waals surface area contributed by atoms with E-state index in [-0.39, 0.29) is 23.4 Å². The molecule has 2 amide bonds. The van der Waals surface area contributed by atoms with Crippen molar-refractivity contribution >= 4 is 50.7 Å². The number of carbonyl (C=O) groups is 2. The quantitative estimate of drug-likeness (QED) is 0.237. The van der Waals surface area contributed by atoms with E-state index in [0.29, 0.717) is 34.1 Å². The van der Waals surface area contributed by atoms with E-state index in [1.807, 2.05) is 40.7 Å². The molecule has 0 radical (unpaired) electrons. The van der Waals surface area contributed by atoms with Gasteiger partial charge in [-0.3, -0.25) is 13.9 Å². The van der Waals surface area contributed by atoms with Crippen LogP contribution >= 0.6 is 23.2 Å².